The van der Waals surface area contributed by atoms with Gasteiger partial charge in [0.15, 0.2) is 7.60 Å². The van der Waals surface area contributed by atoms with E-state index in [0.717, 1.165) is 111 Å². The van der Waals surface area contributed by atoms with Crippen LogP contribution >= 0.6 is 7.60 Å². The summed E-state index contributed by atoms with van der Waals surface area (Å²) in [5.74, 6) is -14.2. The molecule has 1 N–H and O–H groups in total. The van der Waals surface area contributed by atoms with Crippen molar-refractivity contribution in [1.29, 1.82) is 0 Å². The SMILES string of the molecule is O=C(CCCCCOP(=O)([O-])c1ccc(C(=O)O)c(C2=c3cc4c5c(c3Oc3c2cc2c6c3CCCN6CCC2)CCC[N+]=5CCC4)c1)Oc1c(F)c(F)c(F)c(F)c1F. The molecule has 0 fully saturated rings. The first-order valence-electron chi connectivity index (χ1n) is 20.3. The topological polar surface area (TPSA) is 128 Å². The Labute approximate surface area is 341 Å². The number of carbonyl (C=O) groups is 2. The number of ether oxygens (including phenoxy) is 2. The molecule has 0 amide bonds. The van der Waals surface area contributed by atoms with E-state index < -0.39 is 60.8 Å². The third-order valence-corrected chi connectivity index (χ3v) is 13.6. The zero-order chi connectivity index (χ0) is 42.0. The van der Waals surface area contributed by atoms with Crippen LogP contribution in [0.1, 0.15) is 95.1 Å². The van der Waals surface area contributed by atoms with Gasteiger partial charge in [-0.25, -0.2) is 22.5 Å². The average molecular weight is 851 g/mol. The second-order valence-corrected chi connectivity index (χ2v) is 17.7. The Kier molecular flexibility index (Phi) is 10.6. The van der Waals surface area contributed by atoms with Crippen LogP contribution in [0, 0.1) is 29.1 Å². The highest BCUT2D eigenvalue weighted by Gasteiger charge is 2.37. The number of fused-ring (bicyclic) bond motifs is 4. The molecule has 0 spiro atoms. The van der Waals surface area contributed by atoms with Crippen LogP contribution in [0.5, 0.6) is 17.2 Å². The molecule has 1 unspecified atom stereocenters. The van der Waals surface area contributed by atoms with Gasteiger partial charge in [-0.1, -0.05) is 6.42 Å². The zero-order valence-electron chi connectivity index (χ0n) is 32.4. The van der Waals surface area contributed by atoms with Gasteiger partial charge >= 0.3 is 11.9 Å². The first kappa shape index (κ1) is 40.3. The first-order chi connectivity index (χ1) is 28.8. The summed E-state index contributed by atoms with van der Waals surface area (Å²) in [5, 5.41) is 12.3. The summed E-state index contributed by atoms with van der Waals surface area (Å²) in [5.41, 5.74) is 7.16. The predicted octanol–water partition coefficient (Wildman–Crippen LogP) is 5.88. The summed E-state index contributed by atoms with van der Waals surface area (Å²) in [7, 11) is -4.82. The van der Waals surface area contributed by atoms with Crippen molar-refractivity contribution < 1.29 is 60.1 Å². The molecular weight excluding hydrogens is 810 g/mol. The van der Waals surface area contributed by atoms with E-state index in [9.17, 15) is 46.1 Å². The summed E-state index contributed by atoms with van der Waals surface area (Å²) >= 11 is 0. The second kappa shape index (κ2) is 15.7. The number of hydrogen-bond acceptors (Lipinski definition) is 8. The Morgan fingerprint density at radius 2 is 1.48 bits per heavy atom. The molecule has 314 valence electrons. The molecule has 4 aromatic rings. The van der Waals surface area contributed by atoms with E-state index in [4.69, 9.17) is 9.26 Å². The zero-order valence-corrected chi connectivity index (χ0v) is 33.3. The van der Waals surface area contributed by atoms with E-state index in [0.29, 0.717) is 17.1 Å². The van der Waals surface area contributed by atoms with Gasteiger partial charge < -0.3 is 33.5 Å². The number of hydrogen-bond donors (Lipinski definition) is 1. The van der Waals surface area contributed by atoms with Crippen LogP contribution in [-0.2, 0) is 39.6 Å². The van der Waals surface area contributed by atoms with Crippen molar-refractivity contribution in [2.45, 2.75) is 77.0 Å². The Hall–Kier alpha value is -5.11. The van der Waals surface area contributed by atoms with Crippen molar-refractivity contribution in [3.05, 3.63) is 109 Å². The highest BCUT2D eigenvalue weighted by Crippen LogP contribution is 2.49. The molecule has 9 rings (SSSR count). The first-order valence-corrected chi connectivity index (χ1v) is 21.9. The maximum Gasteiger partial charge on any atom is 0.336 e. The molecule has 0 radical (unpaired) electrons. The molecule has 0 saturated carbocycles. The molecule has 5 heterocycles. The lowest BCUT2D eigenvalue weighted by atomic mass is 9.82. The molecular formula is C44H40F5N2O8P. The number of anilines is 1. The number of aryl methyl sites for hydroxylation is 2. The number of carboxylic acid groups (broad SMARTS) is 1. The molecule has 16 heteroatoms. The third kappa shape index (κ3) is 6.88. The fourth-order valence-corrected chi connectivity index (χ4v) is 10.6. The van der Waals surface area contributed by atoms with Gasteiger partial charge in [0.25, 0.3) is 0 Å². The minimum absolute atomic E-state index is 0.0182. The van der Waals surface area contributed by atoms with Crippen molar-refractivity contribution in [1.82, 2.24) is 4.58 Å². The number of benzene rings is 4. The molecule has 0 saturated heterocycles. The van der Waals surface area contributed by atoms with Crippen molar-refractivity contribution in [2.75, 3.05) is 37.7 Å². The Bertz CT molecular complexity index is 2670. The second-order valence-electron chi connectivity index (χ2n) is 15.9. The minimum atomic E-state index is -4.82. The molecule has 5 aliphatic heterocycles. The molecule has 0 aromatic heterocycles. The number of rotatable bonds is 11. The number of aromatic carboxylic acids is 1. The van der Waals surface area contributed by atoms with Crippen LogP contribution in [0.3, 0.4) is 0 Å². The molecule has 10 nitrogen and oxygen atoms in total. The number of halogens is 5. The Balaban J connectivity index is 1.03. The van der Waals surface area contributed by atoms with E-state index >= 15 is 0 Å². The monoisotopic (exact) mass is 850 g/mol. The molecule has 1 atom stereocenters. The molecule has 60 heavy (non-hydrogen) atoms. The number of carbonyl (C=O) groups excluding carboxylic acids is 1. The van der Waals surface area contributed by atoms with Crippen LogP contribution in [0.2, 0.25) is 0 Å². The van der Waals surface area contributed by atoms with Gasteiger partial charge in [-0.2, -0.15) is 8.78 Å². The van der Waals surface area contributed by atoms with E-state index in [1.54, 1.807) is 0 Å². The fraction of sp³-hybridized carbons (Fsp3) is 0.386. The van der Waals surface area contributed by atoms with E-state index in [1.807, 2.05) is 0 Å². The van der Waals surface area contributed by atoms with Gasteiger partial charge in [0.1, 0.15) is 24.6 Å². The summed E-state index contributed by atoms with van der Waals surface area (Å²) in [4.78, 5) is 41.4. The standard InChI is InChI=1S/C44H40F5N2O8P/c45-34-35(46)37(48)43(38(49)36(34)47)58-32(52)12-2-1-3-19-57-60(55,56)25-13-14-26(44(53)54)29(22-25)33-30-20-23-8-4-15-50-17-6-10-27(39(23)50)41(30)59-42-28-11-7-18-51-16-5-9-24(40(28)51)21-31(33)42/h13-14,20-22H,1-12,15-19H2,(H-,53,54,55,56). The van der Waals surface area contributed by atoms with Crippen molar-refractivity contribution in [3.63, 3.8) is 0 Å². The largest absolute Gasteiger partial charge is 0.775 e. The lowest BCUT2D eigenvalue weighted by Gasteiger charge is -2.39. The smallest absolute Gasteiger partial charge is 0.336 e. The van der Waals surface area contributed by atoms with E-state index in [2.05, 4.69) is 26.3 Å². The van der Waals surface area contributed by atoms with Crippen LogP contribution in [0.4, 0.5) is 27.6 Å². The normalized spacial score (nSPS) is 17.2. The maximum absolute atomic E-state index is 13.9. The maximum atomic E-state index is 13.9. The Morgan fingerprint density at radius 3 is 2.23 bits per heavy atom. The van der Waals surface area contributed by atoms with Crippen molar-refractivity contribution in [2.24, 2.45) is 0 Å². The summed E-state index contributed by atoms with van der Waals surface area (Å²) in [6, 6.07) is 8.07. The summed E-state index contributed by atoms with van der Waals surface area (Å²) in [6.45, 7) is 3.46. The van der Waals surface area contributed by atoms with Crippen LogP contribution < -0.4 is 39.7 Å². The van der Waals surface area contributed by atoms with Gasteiger partial charge in [-0.3, -0.25) is 4.79 Å². The van der Waals surface area contributed by atoms with E-state index in [-0.39, 0.29) is 42.3 Å². The highest BCUT2D eigenvalue weighted by molar-refractivity contribution is 7.59. The average Bonchev–Trinajstić information content (AvgIpc) is 3.24. The summed E-state index contributed by atoms with van der Waals surface area (Å²) < 4.78 is 101. The minimum Gasteiger partial charge on any atom is -0.775 e. The van der Waals surface area contributed by atoms with Gasteiger partial charge in [0.2, 0.25) is 40.2 Å². The van der Waals surface area contributed by atoms with Crippen LogP contribution in [0.15, 0.2) is 30.3 Å². The van der Waals surface area contributed by atoms with Crippen LogP contribution in [0.25, 0.3) is 5.57 Å². The van der Waals surface area contributed by atoms with E-state index in [1.165, 1.54) is 29.2 Å². The van der Waals surface area contributed by atoms with Gasteiger partial charge in [0.05, 0.1) is 17.7 Å². The van der Waals surface area contributed by atoms with Crippen LogP contribution in [-0.4, -0.2) is 49.8 Å². The fourth-order valence-electron chi connectivity index (χ4n) is 9.55. The highest BCUT2D eigenvalue weighted by atomic mass is 31.2. The molecule has 0 bridgehead atoms. The molecule has 4 aromatic carbocycles. The number of carboxylic acids is 1. The van der Waals surface area contributed by atoms with Crippen molar-refractivity contribution in [3.8, 4) is 17.2 Å². The summed E-state index contributed by atoms with van der Waals surface area (Å²) in [6.07, 6.45) is 6.93. The number of esters is 1. The number of nitrogens with zero attached hydrogens (tertiary/aromatic N) is 2. The molecule has 5 aliphatic rings. The predicted molar refractivity (Wildman–Crippen MR) is 207 cm³/mol. The quantitative estimate of drug-likeness (QED) is 0.0254. The lowest BCUT2D eigenvalue weighted by Crippen LogP contribution is -2.45. The van der Waals surface area contributed by atoms with Gasteiger partial charge in [0, 0.05) is 70.8 Å². The lowest BCUT2D eigenvalue weighted by molar-refractivity contribution is -0.194. The van der Waals surface area contributed by atoms with Gasteiger partial charge in [-0.05, 0) is 92.8 Å². The van der Waals surface area contributed by atoms with Gasteiger partial charge in [-0.15, -0.1) is 0 Å². The third-order valence-electron chi connectivity index (χ3n) is 12.2. The van der Waals surface area contributed by atoms with Crippen molar-refractivity contribution >= 4 is 36.1 Å². The molecule has 0 aliphatic carbocycles. The Morgan fingerprint density at radius 1 is 0.800 bits per heavy atom. The number of unbranched alkanes of at least 4 members (excludes halogenated alkanes) is 2.